The Labute approximate surface area is 105 Å². The Hall–Kier alpha value is -0.660. The first-order valence-electron chi connectivity index (χ1n) is 6.02. The molecular formula is C10H19N5OS. The maximum atomic E-state index is 4.96. The van der Waals surface area contributed by atoms with Gasteiger partial charge in [-0.05, 0) is 36.2 Å². The number of hydrogen-bond donors (Lipinski definition) is 1. The summed E-state index contributed by atoms with van der Waals surface area (Å²) in [7, 11) is 1.72. The highest BCUT2D eigenvalue weighted by Gasteiger charge is 2.27. The van der Waals surface area contributed by atoms with Crippen molar-refractivity contribution in [2.45, 2.75) is 30.5 Å². The van der Waals surface area contributed by atoms with Crippen LogP contribution in [0.2, 0.25) is 0 Å². The van der Waals surface area contributed by atoms with Crippen molar-refractivity contribution in [2.24, 2.45) is 0 Å². The van der Waals surface area contributed by atoms with Crippen LogP contribution in [-0.4, -0.2) is 52.8 Å². The lowest BCUT2D eigenvalue weighted by atomic mass is 10.5. The Bertz CT molecular complexity index is 328. The molecule has 1 aromatic heterocycles. The Kier molecular flexibility index (Phi) is 5.21. The number of hydrogen-bond acceptors (Lipinski definition) is 6. The van der Waals surface area contributed by atoms with Gasteiger partial charge in [-0.15, -0.1) is 5.10 Å². The van der Waals surface area contributed by atoms with Gasteiger partial charge in [-0.1, -0.05) is 11.8 Å². The van der Waals surface area contributed by atoms with Crippen LogP contribution in [0.5, 0.6) is 0 Å². The van der Waals surface area contributed by atoms with Gasteiger partial charge in [-0.2, -0.15) is 0 Å². The fourth-order valence-corrected chi connectivity index (χ4v) is 2.37. The van der Waals surface area contributed by atoms with E-state index in [0.29, 0.717) is 6.04 Å². The maximum absolute atomic E-state index is 4.96. The van der Waals surface area contributed by atoms with Gasteiger partial charge < -0.3 is 10.1 Å². The molecule has 1 heterocycles. The molecule has 1 N–H and O–H groups in total. The van der Waals surface area contributed by atoms with Crippen LogP contribution in [0.25, 0.3) is 0 Å². The number of tetrazole rings is 1. The monoisotopic (exact) mass is 257 g/mol. The van der Waals surface area contributed by atoms with Crippen LogP contribution in [0, 0.1) is 0 Å². The second kappa shape index (κ2) is 6.93. The summed E-state index contributed by atoms with van der Waals surface area (Å²) in [6.07, 6.45) is 3.56. The van der Waals surface area contributed by atoms with Crippen LogP contribution < -0.4 is 5.32 Å². The van der Waals surface area contributed by atoms with Gasteiger partial charge in [0.25, 0.3) is 0 Å². The highest BCUT2D eigenvalue weighted by molar-refractivity contribution is 7.99. The van der Waals surface area contributed by atoms with Crippen LogP contribution >= 0.6 is 11.8 Å². The SMILES string of the molecule is COCCNCCCSc1nnnn1C1CC1. The molecule has 0 spiro atoms. The first-order chi connectivity index (χ1) is 8.42. The van der Waals surface area contributed by atoms with E-state index < -0.39 is 0 Å². The Morgan fingerprint density at radius 1 is 1.47 bits per heavy atom. The standard InChI is InChI=1S/C10H19N5OS/c1-16-7-6-11-5-2-8-17-10-12-13-14-15(10)9-3-4-9/h9,11H,2-8H2,1H3. The van der Waals surface area contributed by atoms with Crippen LogP contribution in [-0.2, 0) is 4.74 Å². The average molecular weight is 257 g/mol. The number of nitrogens with zero attached hydrogens (tertiary/aromatic N) is 4. The number of rotatable bonds is 9. The first kappa shape index (κ1) is 12.8. The van der Waals surface area contributed by atoms with Gasteiger partial charge in [0.05, 0.1) is 12.6 Å². The molecular weight excluding hydrogens is 238 g/mol. The predicted octanol–water partition coefficient (Wildman–Crippen LogP) is 0.726. The smallest absolute Gasteiger partial charge is 0.209 e. The third-order valence-corrected chi connectivity index (χ3v) is 3.59. The molecule has 0 aliphatic heterocycles. The minimum atomic E-state index is 0.562. The third-order valence-electron chi connectivity index (χ3n) is 2.57. The van der Waals surface area contributed by atoms with Gasteiger partial charge in [0.15, 0.2) is 0 Å². The van der Waals surface area contributed by atoms with Gasteiger partial charge in [0.1, 0.15) is 0 Å². The van der Waals surface area contributed by atoms with E-state index in [9.17, 15) is 0 Å². The molecule has 0 unspecified atom stereocenters. The summed E-state index contributed by atoms with van der Waals surface area (Å²) >= 11 is 1.74. The minimum Gasteiger partial charge on any atom is -0.383 e. The van der Waals surface area contributed by atoms with E-state index in [1.807, 2.05) is 4.68 Å². The first-order valence-corrected chi connectivity index (χ1v) is 7.00. The van der Waals surface area contributed by atoms with Crippen molar-refractivity contribution < 1.29 is 4.74 Å². The minimum absolute atomic E-state index is 0.562. The molecule has 7 heteroatoms. The summed E-state index contributed by atoms with van der Waals surface area (Å²) in [5.74, 6) is 1.05. The molecule has 6 nitrogen and oxygen atoms in total. The Morgan fingerprint density at radius 2 is 2.35 bits per heavy atom. The van der Waals surface area contributed by atoms with Crippen LogP contribution in [0.3, 0.4) is 0 Å². The van der Waals surface area contributed by atoms with Crippen molar-refractivity contribution in [3.8, 4) is 0 Å². The average Bonchev–Trinajstić information content (AvgIpc) is 3.08. The predicted molar refractivity (Wildman–Crippen MR) is 66.2 cm³/mol. The second-order valence-corrected chi connectivity index (χ2v) is 5.14. The topological polar surface area (TPSA) is 64.9 Å². The summed E-state index contributed by atoms with van der Waals surface area (Å²) < 4.78 is 6.92. The molecule has 2 rings (SSSR count). The molecule has 0 radical (unpaired) electrons. The number of thioether (sulfide) groups is 1. The molecule has 1 saturated carbocycles. The van der Waals surface area contributed by atoms with E-state index in [1.54, 1.807) is 18.9 Å². The molecule has 1 fully saturated rings. The van der Waals surface area contributed by atoms with Gasteiger partial charge in [0, 0.05) is 19.4 Å². The lowest BCUT2D eigenvalue weighted by Crippen LogP contribution is -2.20. The molecule has 1 aliphatic rings. The van der Waals surface area contributed by atoms with E-state index in [0.717, 1.165) is 37.0 Å². The summed E-state index contributed by atoms with van der Waals surface area (Å²) in [5.41, 5.74) is 0. The zero-order valence-corrected chi connectivity index (χ0v) is 10.9. The van der Waals surface area contributed by atoms with Gasteiger partial charge in [-0.25, -0.2) is 4.68 Å². The molecule has 17 heavy (non-hydrogen) atoms. The number of ether oxygens (including phenoxy) is 1. The van der Waals surface area contributed by atoms with Crippen molar-refractivity contribution in [3.05, 3.63) is 0 Å². The Balaban J connectivity index is 1.56. The van der Waals surface area contributed by atoms with E-state index in [1.165, 1.54) is 12.8 Å². The number of aromatic nitrogens is 4. The molecule has 0 aromatic carbocycles. The lowest BCUT2D eigenvalue weighted by molar-refractivity contribution is 0.199. The molecule has 0 saturated heterocycles. The summed E-state index contributed by atoms with van der Waals surface area (Å²) in [5, 5.41) is 16.1. The summed E-state index contributed by atoms with van der Waals surface area (Å²) in [4.78, 5) is 0. The number of methoxy groups -OCH3 is 1. The fourth-order valence-electron chi connectivity index (χ4n) is 1.49. The molecule has 0 bridgehead atoms. The lowest BCUT2D eigenvalue weighted by Gasteiger charge is -2.04. The van der Waals surface area contributed by atoms with Crippen molar-refractivity contribution >= 4 is 11.8 Å². The summed E-state index contributed by atoms with van der Waals surface area (Å²) in [6.45, 7) is 2.70. The number of nitrogens with one attached hydrogen (secondary N) is 1. The van der Waals surface area contributed by atoms with E-state index in [2.05, 4.69) is 20.8 Å². The normalized spacial score (nSPS) is 15.4. The molecule has 1 aliphatic carbocycles. The van der Waals surface area contributed by atoms with Gasteiger partial charge >= 0.3 is 0 Å². The Morgan fingerprint density at radius 3 is 3.12 bits per heavy atom. The third kappa shape index (κ3) is 4.25. The molecule has 0 amide bonds. The quantitative estimate of drug-likeness (QED) is 0.519. The van der Waals surface area contributed by atoms with E-state index in [-0.39, 0.29) is 0 Å². The van der Waals surface area contributed by atoms with Crippen LogP contribution in [0.15, 0.2) is 5.16 Å². The van der Waals surface area contributed by atoms with E-state index in [4.69, 9.17) is 4.74 Å². The summed E-state index contributed by atoms with van der Waals surface area (Å²) in [6, 6.07) is 0.562. The van der Waals surface area contributed by atoms with Gasteiger partial charge in [-0.3, -0.25) is 0 Å². The highest BCUT2D eigenvalue weighted by atomic mass is 32.2. The fraction of sp³-hybridized carbons (Fsp3) is 0.900. The molecule has 1 aromatic rings. The van der Waals surface area contributed by atoms with Crippen molar-refractivity contribution in [1.29, 1.82) is 0 Å². The molecule has 96 valence electrons. The van der Waals surface area contributed by atoms with Crippen molar-refractivity contribution in [3.63, 3.8) is 0 Å². The highest BCUT2D eigenvalue weighted by Crippen LogP contribution is 2.36. The largest absolute Gasteiger partial charge is 0.383 e. The van der Waals surface area contributed by atoms with Crippen molar-refractivity contribution in [1.82, 2.24) is 25.5 Å². The van der Waals surface area contributed by atoms with E-state index >= 15 is 0 Å². The van der Waals surface area contributed by atoms with Crippen LogP contribution in [0.1, 0.15) is 25.3 Å². The second-order valence-electron chi connectivity index (χ2n) is 4.08. The van der Waals surface area contributed by atoms with Crippen molar-refractivity contribution in [2.75, 3.05) is 32.6 Å². The zero-order valence-electron chi connectivity index (χ0n) is 10.1. The van der Waals surface area contributed by atoms with Crippen LogP contribution in [0.4, 0.5) is 0 Å². The maximum Gasteiger partial charge on any atom is 0.209 e. The molecule has 0 atom stereocenters. The van der Waals surface area contributed by atoms with Gasteiger partial charge in [0.2, 0.25) is 5.16 Å². The zero-order chi connectivity index (χ0) is 11.9.